The summed E-state index contributed by atoms with van der Waals surface area (Å²) in [5.41, 5.74) is 0.0153. The Kier molecular flexibility index (Phi) is 6.50. The molecule has 2 aliphatic rings. The molecule has 1 aromatic carbocycles. The fourth-order valence-corrected chi connectivity index (χ4v) is 4.38. The summed E-state index contributed by atoms with van der Waals surface area (Å²) < 4.78 is 52.8. The Morgan fingerprint density at radius 2 is 1.87 bits per heavy atom. The van der Waals surface area contributed by atoms with E-state index in [0.717, 1.165) is 12.2 Å². The van der Waals surface area contributed by atoms with Gasteiger partial charge in [-0.05, 0) is 23.4 Å². The third-order valence-electron chi connectivity index (χ3n) is 5.05. The summed E-state index contributed by atoms with van der Waals surface area (Å²) >= 11 is 1.17. The summed E-state index contributed by atoms with van der Waals surface area (Å²) in [6.07, 6.45) is -2.48. The molecule has 160 valence electrons. The molecule has 1 aromatic rings. The number of nitrogens with one attached hydrogen (secondary N) is 1. The zero-order valence-electron chi connectivity index (χ0n) is 16.3. The number of benzene rings is 1. The van der Waals surface area contributed by atoms with Gasteiger partial charge in [0.25, 0.3) is 0 Å². The highest BCUT2D eigenvalue weighted by atomic mass is 32.2. The maximum Gasteiger partial charge on any atom is 0.413 e. The zero-order chi connectivity index (χ0) is 22.1. The molecule has 3 rings (SSSR count). The van der Waals surface area contributed by atoms with Crippen LogP contribution in [-0.4, -0.2) is 34.7 Å². The van der Waals surface area contributed by atoms with E-state index in [1.807, 2.05) is 6.92 Å². The first-order valence-electron chi connectivity index (χ1n) is 9.39. The van der Waals surface area contributed by atoms with Crippen LogP contribution in [0.4, 0.5) is 17.6 Å². The summed E-state index contributed by atoms with van der Waals surface area (Å²) in [5, 5.41) is 2.87. The van der Waals surface area contributed by atoms with Gasteiger partial charge >= 0.3 is 6.18 Å². The number of aliphatic imine (C=N–C) groups is 1. The molecule has 0 radical (unpaired) electrons. The van der Waals surface area contributed by atoms with Crippen molar-refractivity contribution in [2.24, 2.45) is 16.8 Å². The Balaban J connectivity index is 1.87. The van der Waals surface area contributed by atoms with Gasteiger partial charge in [0.2, 0.25) is 5.91 Å². The number of alkyl halides is 3. The molecule has 1 amide bonds. The minimum Gasteiger partial charge on any atom is -0.351 e. The van der Waals surface area contributed by atoms with Gasteiger partial charge in [-0.3, -0.25) is 14.6 Å². The highest BCUT2D eigenvalue weighted by Gasteiger charge is 2.48. The Labute approximate surface area is 175 Å². The second-order valence-corrected chi connectivity index (χ2v) is 8.30. The molecule has 3 unspecified atom stereocenters. The number of Topliss-reactive ketones (excluding diaryl/α,β-unsaturated/α-hetero) is 1. The van der Waals surface area contributed by atoms with Gasteiger partial charge in [-0.25, -0.2) is 4.39 Å². The number of amides is 1. The molecule has 1 aliphatic heterocycles. The number of carbonyl (C=O) groups is 2. The summed E-state index contributed by atoms with van der Waals surface area (Å²) in [7, 11) is 0. The Hall–Kier alpha value is -2.42. The predicted molar refractivity (Wildman–Crippen MR) is 107 cm³/mol. The van der Waals surface area contributed by atoms with Gasteiger partial charge in [-0.2, -0.15) is 13.2 Å². The summed E-state index contributed by atoms with van der Waals surface area (Å²) in [6.45, 7) is 3.28. The minimum atomic E-state index is -4.51. The van der Waals surface area contributed by atoms with Crippen molar-refractivity contribution in [1.29, 1.82) is 0 Å². The molecule has 9 heteroatoms. The number of rotatable bonds is 4. The van der Waals surface area contributed by atoms with E-state index in [9.17, 15) is 27.2 Å². The predicted octanol–water partition coefficient (Wildman–Crippen LogP) is 4.23. The molecule has 1 heterocycles. The van der Waals surface area contributed by atoms with E-state index in [1.165, 1.54) is 43.0 Å². The molecule has 1 aliphatic carbocycles. The van der Waals surface area contributed by atoms with Crippen LogP contribution in [-0.2, 0) is 16.1 Å². The van der Waals surface area contributed by atoms with E-state index >= 15 is 0 Å². The van der Waals surface area contributed by atoms with Crippen LogP contribution >= 0.6 is 11.8 Å². The first-order valence-corrected chi connectivity index (χ1v) is 10.4. The topological polar surface area (TPSA) is 58.5 Å². The largest absolute Gasteiger partial charge is 0.413 e. The van der Waals surface area contributed by atoms with Gasteiger partial charge in [-0.15, -0.1) is 11.8 Å². The fraction of sp³-hybridized carbons (Fsp3) is 0.381. The van der Waals surface area contributed by atoms with Crippen LogP contribution in [0.1, 0.15) is 19.4 Å². The average molecular weight is 440 g/mol. The van der Waals surface area contributed by atoms with Crippen LogP contribution in [0.3, 0.4) is 0 Å². The highest BCUT2D eigenvalue weighted by Crippen LogP contribution is 2.41. The molecule has 0 saturated carbocycles. The van der Waals surface area contributed by atoms with E-state index in [4.69, 9.17) is 0 Å². The van der Waals surface area contributed by atoms with E-state index in [1.54, 1.807) is 0 Å². The van der Waals surface area contributed by atoms with Gasteiger partial charge in [-0.1, -0.05) is 38.1 Å². The smallest absolute Gasteiger partial charge is 0.351 e. The van der Waals surface area contributed by atoms with Crippen molar-refractivity contribution in [1.82, 2.24) is 5.32 Å². The maximum absolute atomic E-state index is 13.3. The number of halogens is 4. The average Bonchev–Trinajstić information content (AvgIpc) is 2.67. The summed E-state index contributed by atoms with van der Waals surface area (Å²) in [6, 6.07) is 4.58. The van der Waals surface area contributed by atoms with Crippen LogP contribution in [0.2, 0.25) is 0 Å². The molecule has 0 saturated heterocycles. The van der Waals surface area contributed by atoms with Crippen molar-refractivity contribution < 1.29 is 27.2 Å². The van der Waals surface area contributed by atoms with Gasteiger partial charge in [0, 0.05) is 23.6 Å². The van der Waals surface area contributed by atoms with Gasteiger partial charge in [0.05, 0.1) is 11.1 Å². The monoisotopic (exact) mass is 440 g/mol. The molecule has 4 nitrogen and oxygen atoms in total. The molecule has 1 N–H and O–H groups in total. The van der Waals surface area contributed by atoms with Crippen LogP contribution in [0.25, 0.3) is 0 Å². The molecule has 0 fully saturated rings. The van der Waals surface area contributed by atoms with Crippen LogP contribution in [0.15, 0.2) is 52.6 Å². The van der Waals surface area contributed by atoms with Crippen molar-refractivity contribution in [3.8, 4) is 0 Å². The molecule has 30 heavy (non-hydrogen) atoms. The number of hydrogen-bond donors (Lipinski definition) is 1. The third-order valence-corrected chi connectivity index (χ3v) is 5.97. The quantitative estimate of drug-likeness (QED) is 0.563. The number of hydrogen-bond acceptors (Lipinski definition) is 4. The van der Waals surface area contributed by atoms with Crippen molar-refractivity contribution >= 4 is 28.5 Å². The normalized spacial score (nSPS) is 23.9. The lowest BCUT2D eigenvalue weighted by molar-refractivity contribution is -0.130. The minimum absolute atomic E-state index is 0.0873. The van der Waals surface area contributed by atoms with E-state index in [2.05, 4.69) is 10.3 Å². The molecule has 0 bridgehead atoms. The number of carbonyl (C=O) groups excluding carboxylic acids is 2. The highest BCUT2D eigenvalue weighted by molar-refractivity contribution is 8.14. The molecule has 3 atom stereocenters. The maximum atomic E-state index is 13.3. The van der Waals surface area contributed by atoms with E-state index in [0.29, 0.717) is 11.3 Å². The van der Waals surface area contributed by atoms with E-state index in [-0.39, 0.29) is 17.2 Å². The molecular formula is C21H20F4N2O2S. The molecular weight excluding hydrogens is 420 g/mol. The third kappa shape index (κ3) is 4.50. The van der Waals surface area contributed by atoms with Crippen LogP contribution in [0.5, 0.6) is 0 Å². The Morgan fingerprint density at radius 1 is 1.20 bits per heavy atom. The van der Waals surface area contributed by atoms with Crippen molar-refractivity contribution in [3.05, 3.63) is 58.9 Å². The number of allylic oxidation sites excluding steroid dienone is 2. The van der Waals surface area contributed by atoms with Gasteiger partial charge < -0.3 is 5.32 Å². The lowest BCUT2D eigenvalue weighted by Crippen LogP contribution is -2.46. The number of thioether (sulfide) groups is 1. The lowest BCUT2D eigenvalue weighted by Gasteiger charge is -2.34. The van der Waals surface area contributed by atoms with Crippen molar-refractivity contribution in [2.75, 3.05) is 5.75 Å². The summed E-state index contributed by atoms with van der Waals surface area (Å²) in [4.78, 5) is 30.2. The lowest BCUT2D eigenvalue weighted by atomic mass is 9.77. The van der Waals surface area contributed by atoms with Crippen LogP contribution in [0, 0.1) is 17.7 Å². The summed E-state index contributed by atoms with van der Waals surface area (Å²) in [5.74, 6) is -3.24. The number of ketones is 1. The standard InChI is InChI=1S/C21H20F4N2O2S/c1-3-30-20-16(19(29)26-10-12-4-6-13(22)7-5-12)18(28)14-8-9-15(21(23,24)25)11(2)17(14)27-20/h4-9,11,16-17H,3,10H2,1-2H3,(H,26,29). The fourth-order valence-electron chi connectivity index (χ4n) is 3.51. The Bertz CT molecular complexity index is 935. The second kappa shape index (κ2) is 8.75. The molecule has 0 aromatic heterocycles. The zero-order valence-corrected chi connectivity index (χ0v) is 17.1. The van der Waals surface area contributed by atoms with Gasteiger partial charge in [0.15, 0.2) is 5.78 Å². The second-order valence-electron chi connectivity index (χ2n) is 7.02. The van der Waals surface area contributed by atoms with Crippen molar-refractivity contribution in [2.45, 2.75) is 32.6 Å². The first-order chi connectivity index (χ1) is 14.1. The number of nitrogens with zero attached hydrogens (tertiary/aromatic N) is 1. The SMILES string of the molecule is CCSC1=NC2C(=CC=C(C(F)(F)F)C2C)C(=O)C1C(=O)NCc1ccc(F)cc1. The Morgan fingerprint density at radius 3 is 2.47 bits per heavy atom. The number of fused-ring (bicyclic) bond motifs is 1. The first kappa shape index (κ1) is 22.3. The van der Waals surface area contributed by atoms with Gasteiger partial charge in [0.1, 0.15) is 11.7 Å². The van der Waals surface area contributed by atoms with E-state index < -0.39 is 47.1 Å². The molecule has 0 spiro atoms. The van der Waals surface area contributed by atoms with Crippen LogP contribution < -0.4 is 5.32 Å². The van der Waals surface area contributed by atoms with Crippen molar-refractivity contribution in [3.63, 3.8) is 0 Å².